The van der Waals surface area contributed by atoms with Crippen LogP contribution in [0.15, 0.2) is 42.5 Å². The number of benzene rings is 2. The molecule has 1 N–H and O–H groups in total. The molecule has 7 heteroatoms. The first kappa shape index (κ1) is 21.3. The molecule has 0 radical (unpaired) electrons. The molecule has 2 aromatic carbocycles. The minimum atomic E-state index is -3.27. The maximum absolute atomic E-state index is 13.1. The van der Waals surface area contributed by atoms with E-state index in [0.29, 0.717) is 6.04 Å². The molecular formula is C23H30FN3O2S. The topological polar surface area (TPSA) is 52.7 Å². The van der Waals surface area contributed by atoms with Crippen molar-refractivity contribution in [1.82, 2.24) is 9.62 Å². The summed E-state index contributed by atoms with van der Waals surface area (Å²) < 4.78 is 39.3. The highest BCUT2D eigenvalue weighted by molar-refractivity contribution is 7.88. The lowest BCUT2D eigenvalue weighted by atomic mass is 10.0. The van der Waals surface area contributed by atoms with Crippen LogP contribution in [-0.4, -0.2) is 52.6 Å². The highest BCUT2D eigenvalue weighted by atomic mass is 32.2. The minimum absolute atomic E-state index is 0.0203. The number of anilines is 1. The van der Waals surface area contributed by atoms with Gasteiger partial charge in [-0.25, -0.2) is 17.5 Å². The molecule has 30 heavy (non-hydrogen) atoms. The number of rotatable bonds is 7. The molecule has 2 heterocycles. The Morgan fingerprint density at radius 3 is 2.43 bits per heavy atom. The first-order valence-corrected chi connectivity index (χ1v) is 12.4. The summed E-state index contributed by atoms with van der Waals surface area (Å²) in [4.78, 5) is 4.98. The summed E-state index contributed by atoms with van der Waals surface area (Å²) in [6.45, 7) is 4.13. The molecule has 1 saturated heterocycles. The number of piperidine rings is 1. The van der Waals surface area contributed by atoms with Crippen LogP contribution < -0.4 is 9.62 Å². The Bertz CT molecular complexity index is 970. The van der Waals surface area contributed by atoms with E-state index in [-0.39, 0.29) is 11.6 Å². The molecule has 0 unspecified atom stereocenters. The summed E-state index contributed by atoms with van der Waals surface area (Å²) in [7, 11) is -1.81. The second-order valence-corrected chi connectivity index (χ2v) is 10.2. The predicted molar refractivity (Wildman–Crippen MR) is 119 cm³/mol. The summed E-state index contributed by atoms with van der Waals surface area (Å²) in [5, 5.41) is 0. The second kappa shape index (κ2) is 9.04. The van der Waals surface area contributed by atoms with Crippen LogP contribution in [0, 0.1) is 5.82 Å². The van der Waals surface area contributed by atoms with E-state index in [1.807, 2.05) is 18.2 Å². The number of hydrogen-bond donors (Lipinski definition) is 1. The van der Waals surface area contributed by atoms with Crippen LogP contribution in [0.3, 0.4) is 0 Å². The third kappa shape index (κ3) is 5.02. The Kier molecular flexibility index (Phi) is 6.41. The molecule has 162 valence electrons. The Morgan fingerprint density at radius 1 is 1.03 bits per heavy atom. The van der Waals surface area contributed by atoms with Crippen molar-refractivity contribution < 1.29 is 12.8 Å². The van der Waals surface area contributed by atoms with E-state index in [4.69, 9.17) is 0 Å². The standard InChI is InChI=1S/C23H30FN3O2S/c1-25-30(28,29)17-19-2-5-20-9-15-27(23(20)16-19)22-10-13-26(14-11-22)12-8-18-3-6-21(24)7-4-18/h2-7,16,22,25H,8-15,17H2,1H3. The third-order valence-corrected chi connectivity index (χ3v) is 7.71. The normalized spacial score (nSPS) is 18.0. The quantitative estimate of drug-likeness (QED) is 0.732. The maximum Gasteiger partial charge on any atom is 0.215 e. The molecule has 4 rings (SSSR count). The van der Waals surface area contributed by atoms with E-state index in [2.05, 4.69) is 26.7 Å². The molecule has 0 amide bonds. The molecule has 1 fully saturated rings. The second-order valence-electron chi connectivity index (χ2n) is 8.32. The molecule has 2 aliphatic rings. The molecule has 2 aliphatic heterocycles. The van der Waals surface area contributed by atoms with Crippen LogP contribution in [0.2, 0.25) is 0 Å². The Labute approximate surface area is 178 Å². The zero-order valence-electron chi connectivity index (χ0n) is 17.5. The number of likely N-dealkylation sites (tertiary alicyclic amines) is 1. The fourth-order valence-electron chi connectivity index (χ4n) is 4.60. The Balaban J connectivity index is 1.34. The van der Waals surface area contributed by atoms with Crippen molar-refractivity contribution in [2.75, 3.05) is 38.1 Å². The van der Waals surface area contributed by atoms with E-state index in [1.165, 1.54) is 36.0 Å². The van der Waals surface area contributed by atoms with Gasteiger partial charge in [0.25, 0.3) is 0 Å². The predicted octanol–water partition coefficient (Wildman–Crippen LogP) is 2.94. The molecule has 0 spiro atoms. The van der Waals surface area contributed by atoms with Crippen molar-refractivity contribution in [1.29, 1.82) is 0 Å². The lowest BCUT2D eigenvalue weighted by Crippen LogP contribution is -2.45. The van der Waals surface area contributed by atoms with Crippen molar-refractivity contribution in [3.8, 4) is 0 Å². The number of nitrogens with one attached hydrogen (secondary N) is 1. The van der Waals surface area contributed by atoms with Gasteiger partial charge in [0.1, 0.15) is 5.82 Å². The molecule has 0 saturated carbocycles. The minimum Gasteiger partial charge on any atom is -0.368 e. The Morgan fingerprint density at radius 2 is 1.73 bits per heavy atom. The number of hydrogen-bond acceptors (Lipinski definition) is 4. The molecule has 0 aliphatic carbocycles. The van der Waals surface area contributed by atoms with Crippen molar-refractivity contribution in [2.45, 2.75) is 37.5 Å². The fourth-order valence-corrected chi connectivity index (χ4v) is 5.37. The van der Waals surface area contributed by atoms with Gasteiger partial charge in [0.2, 0.25) is 10.0 Å². The summed E-state index contributed by atoms with van der Waals surface area (Å²) in [5.74, 6) is -0.163. The van der Waals surface area contributed by atoms with Gasteiger partial charge in [0, 0.05) is 37.9 Å². The van der Waals surface area contributed by atoms with E-state index < -0.39 is 10.0 Å². The highest BCUT2D eigenvalue weighted by Crippen LogP contribution is 2.34. The summed E-state index contributed by atoms with van der Waals surface area (Å²) in [6, 6.07) is 13.4. The largest absolute Gasteiger partial charge is 0.368 e. The first-order valence-electron chi connectivity index (χ1n) is 10.7. The van der Waals surface area contributed by atoms with E-state index >= 15 is 0 Å². The average molecular weight is 432 g/mol. The van der Waals surface area contributed by atoms with Gasteiger partial charge in [-0.15, -0.1) is 0 Å². The molecule has 5 nitrogen and oxygen atoms in total. The number of fused-ring (bicyclic) bond motifs is 1. The van der Waals surface area contributed by atoms with Gasteiger partial charge in [-0.2, -0.15) is 0 Å². The molecule has 2 aromatic rings. The lowest BCUT2D eigenvalue weighted by Gasteiger charge is -2.38. The van der Waals surface area contributed by atoms with Crippen molar-refractivity contribution >= 4 is 15.7 Å². The SMILES string of the molecule is CNS(=O)(=O)Cc1ccc2c(c1)N(C1CCN(CCc3ccc(F)cc3)CC1)CC2. The zero-order chi connectivity index (χ0) is 21.1. The van der Waals surface area contributed by atoms with Crippen LogP contribution in [0.5, 0.6) is 0 Å². The van der Waals surface area contributed by atoms with Crippen molar-refractivity contribution in [3.05, 3.63) is 65.0 Å². The number of nitrogens with zero attached hydrogens (tertiary/aromatic N) is 2. The maximum atomic E-state index is 13.1. The molecule has 0 bridgehead atoms. The number of halogens is 1. The highest BCUT2D eigenvalue weighted by Gasteiger charge is 2.29. The molecule has 0 atom stereocenters. The van der Waals surface area contributed by atoms with Gasteiger partial charge >= 0.3 is 0 Å². The van der Waals surface area contributed by atoms with Crippen LogP contribution in [0.4, 0.5) is 10.1 Å². The van der Waals surface area contributed by atoms with Crippen LogP contribution in [-0.2, 0) is 28.6 Å². The van der Waals surface area contributed by atoms with Crippen molar-refractivity contribution in [3.63, 3.8) is 0 Å². The summed E-state index contributed by atoms with van der Waals surface area (Å²) >= 11 is 0. The summed E-state index contributed by atoms with van der Waals surface area (Å²) in [6.07, 6.45) is 4.20. The first-order chi connectivity index (χ1) is 14.4. The van der Waals surface area contributed by atoms with Gasteiger partial charge in [-0.1, -0.05) is 24.3 Å². The molecule has 0 aromatic heterocycles. The number of sulfonamides is 1. The fraction of sp³-hybridized carbons (Fsp3) is 0.478. The lowest BCUT2D eigenvalue weighted by molar-refractivity contribution is 0.212. The monoisotopic (exact) mass is 431 g/mol. The average Bonchev–Trinajstić information content (AvgIpc) is 3.17. The van der Waals surface area contributed by atoms with E-state index in [9.17, 15) is 12.8 Å². The van der Waals surface area contributed by atoms with Gasteiger partial charge in [-0.3, -0.25) is 0 Å². The summed E-state index contributed by atoms with van der Waals surface area (Å²) in [5.41, 5.74) is 4.55. The zero-order valence-corrected chi connectivity index (χ0v) is 18.3. The van der Waals surface area contributed by atoms with Gasteiger partial charge in [-0.05, 0) is 67.6 Å². The van der Waals surface area contributed by atoms with Crippen molar-refractivity contribution in [2.24, 2.45) is 0 Å². The van der Waals surface area contributed by atoms with Gasteiger partial charge in [0.15, 0.2) is 0 Å². The van der Waals surface area contributed by atoms with Crippen LogP contribution in [0.1, 0.15) is 29.5 Å². The van der Waals surface area contributed by atoms with Gasteiger partial charge in [0.05, 0.1) is 5.75 Å². The molecular weight excluding hydrogens is 401 g/mol. The van der Waals surface area contributed by atoms with Gasteiger partial charge < -0.3 is 9.80 Å². The van der Waals surface area contributed by atoms with Crippen LogP contribution >= 0.6 is 0 Å². The van der Waals surface area contributed by atoms with Crippen LogP contribution in [0.25, 0.3) is 0 Å². The third-order valence-electron chi connectivity index (χ3n) is 6.38. The smallest absolute Gasteiger partial charge is 0.215 e. The van der Waals surface area contributed by atoms with E-state index in [0.717, 1.165) is 57.4 Å². The Hall–Kier alpha value is -1.96. The van der Waals surface area contributed by atoms with E-state index in [1.54, 1.807) is 0 Å².